The summed E-state index contributed by atoms with van der Waals surface area (Å²) in [5.74, 6) is 0.109. The van der Waals surface area contributed by atoms with E-state index in [0.717, 1.165) is 47.4 Å². The number of benzene rings is 2. The van der Waals surface area contributed by atoms with Gasteiger partial charge < -0.3 is 10.0 Å². The first-order chi connectivity index (χ1) is 12.2. The minimum absolute atomic E-state index is 0.168. The zero-order valence-electron chi connectivity index (χ0n) is 13.9. The fourth-order valence-electron chi connectivity index (χ4n) is 3.44. The van der Waals surface area contributed by atoms with Gasteiger partial charge in [-0.25, -0.2) is 0 Å². The molecule has 2 aromatic carbocycles. The first-order valence-corrected chi connectivity index (χ1v) is 9.42. The molecule has 1 amide bonds. The first-order valence-electron chi connectivity index (χ1n) is 8.61. The summed E-state index contributed by atoms with van der Waals surface area (Å²) in [5, 5.41) is 12.5. The van der Waals surface area contributed by atoms with Crippen molar-refractivity contribution in [1.82, 2.24) is 4.90 Å². The lowest BCUT2D eigenvalue weighted by Crippen LogP contribution is -2.39. The Kier molecular flexibility index (Phi) is 4.59. The van der Waals surface area contributed by atoms with Crippen LogP contribution in [0.3, 0.4) is 0 Å². The number of aliphatic hydroxyl groups excluding tert-OH is 1. The number of amides is 1. The molecule has 0 aliphatic carbocycles. The van der Waals surface area contributed by atoms with Crippen LogP contribution >= 0.6 is 11.8 Å². The van der Waals surface area contributed by atoms with E-state index in [4.69, 9.17) is 0 Å². The molecular formula is C20H20N2O2S. The maximum absolute atomic E-state index is 12.4. The second-order valence-corrected chi connectivity index (χ2v) is 7.52. The molecule has 2 aliphatic rings. The van der Waals surface area contributed by atoms with Crippen LogP contribution in [-0.4, -0.2) is 40.8 Å². The van der Waals surface area contributed by atoms with Gasteiger partial charge in [-0.15, -0.1) is 0 Å². The van der Waals surface area contributed by atoms with Crippen LogP contribution in [0.2, 0.25) is 0 Å². The minimum Gasteiger partial charge on any atom is -0.396 e. The van der Waals surface area contributed by atoms with E-state index >= 15 is 0 Å². The first kappa shape index (κ1) is 16.4. The van der Waals surface area contributed by atoms with Crippen LogP contribution in [0.1, 0.15) is 18.4 Å². The minimum atomic E-state index is -0.168. The molecule has 0 bridgehead atoms. The summed E-state index contributed by atoms with van der Waals surface area (Å²) < 4.78 is 0. The van der Waals surface area contributed by atoms with Crippen molar-refractivity contribution >= 4 is 39.7 Å². The van der Waals surface area contributed by atoms with Gasteiger partial charge in [0.15, 0.2) is 5.17 Å². The van der Waals surface area contributed by atoms with E-state index in [1.54, 1.807) is 0 Å². The van der Waals surface area contributed by atoms with Crippen LogP contribution in [0.5, 0.6) is 0 Å². The number of thioether (sulfide) groups is 1. The third-order valence-corrected chi connectivity index (χ3v) is 5.81. The summed E-state index contributed by atoms with van der Waals surface area (Å²) in [4.78, 5) is 19.4. The summed E-state index contributed by atoms with van der Waals surface area (Å²) in [5.41, 5.74) is 1.04. The molecule has 2 aliphatic heterocycles. The summed E-state index contributed by atoms with van der Waals surface area (Å²) in [6, 6.07) is 14.3. The molecule has 1 unspecified atom stereocenters. The molecule has 1 saturated heterocycles. The van der Waals surface area contributed by atoms with Gasteiger partial charge in [0.25, 0.3) is 5.91 Å². The van der Waals surface area contributed by atoms with Crippen molar-refractivity contribution < 1.29 is 9.90 Å². The van der Waals surface area contributed by atoms with Crippen molar-refractivity contribution in [2.75, 3.05) is 19.7 Å². The second-order valence-electron chi connectivity index (χ2n) is 6.52. The number of piperidine rings is 1. The fraction of sp³-hybridized carbons (Fsp3) is 0.300. The number of aliphatic hydroxyl groups is 1. The van der Waals surface area contributed by atoms with E-state index in [-0.39, 0.29) is 18.4 Å². The predicted octanol–water partition coefficient (Wildman–Crippen LogP) is 3.51. The smallest absolute Gasteiger partial charge is 0.286 e. The number of carbonyl (C=O) groups is 1. The highest BCUT2D eigenvalue weighted by molar-refractivity contribution is 8.18. The molecule has 1 fully saturated rings. The molecule has 0 saturated carbocycles. The number of amidine groups is 1. The van der Waals surface area contributed by atoms with Crippen molar-refractivity contribution in [2.45, 2.75) is 12.8 Å². The largest absolute Gasteiger partial charge is 0.396 e. The highest BCUT2D eigenvalue weighted by Gasteiger charge is 2.29. The Morgan fingerprint density at radius 2 is 2.08 bits per heavy atom. The number of hydrogen-bond acceptors (Lipinski definition) is 4. The van der Waals surface area contributed by atoms with E-state index in [0.29, 0.717) is 4.91 Å². The molecule has 0 aromatic heterocycles. The number of hydrogen-bond donors (Lipinski definition) is 1. The Morgan fingerprint density at radius 1 is 1.24 bits per heavy atom. The lowest BCUT2D eigenvalue weighted by atomic mass is 10.00. The molecule has 4 rings (SSSR count). The van der Waals surface area contributed by atoms with Crippen molar-refractivity contribution in [3.63, 3.8) is 0 Å². The van der Waals surface area contributed by atoms with Crippen LogP contribution in [-0.2, 0) is 4.79 Å². The lowest BCUT2D eigenvalue weighted by Gasteiger charge is -2.32. The molecule has 2 heterocycles. The molecule has 4 nitrogen and oxygen atoms in total. The SMILES string of the molecule is O=C1N=C(N2CCCC(CO)C2)S/C1=C/c1cccc2ccccc12. The second kappa shape index (κ2) is 7.02. The molecular weight excluding hydrogens is 332 g/mol. The maximum atomic E-state index is 12.4. The van der Waals surface area contributed by atoms with Gasteiger partial charge in [-0.05, 0) is 52.9 Å². The van der Waals surface area contributed by atoms with Crippen molar-refractivity contribution in [3.8, 4) is 0 Å². The molecule has 0 spiro atoms. The Morgan fingerprint density at radius 3 is 2.96 bits per heavy atom. The van der Waals surface area contributed by atoms with Gasteiger partial charge in [-0.2, -0.15) is 4.99 Å². The topological polar surface area (TPSA) is 52.9 Å². The Labute approximate surface area is 151 Å². The van der Waals surface area contributed by atoms with Crippen molar-refractivity contribution in [1.29, 1.82) is 0 Å². The highest BCUT2D eigenvalue weighted by Crippen LogP contribution is 2.33. The molecule has 25 heavy (non-hydrogen) atoms. The van der Waals surface area contributed by atoms with Gasteiger partial charge in [-0.3, -0.25) is 4.79 Å². The van der Waals surface area contributed by atoms with E-state index in [9.17, 15) is 9.90 Å². The van der Waals surface area contributed by atoms with E-state index in [1.807, 2.05) is 30.3 Å². The Bertz CT molecular complexity index is 870. The summed E-state index contributed by atoms with van der Waals surface area (Å²) in [6.07, 6.45) is 4.01. The molecule has 2 aromatic rings. The molecule has 1 atom stereocenters. The number of aliphatic imine (C=N–C) groups is 1. The monoisotopic (exact) mass is 352 g/mol. The Balaban J connectivity index is 1.58. The third kappa shape index (κ3) is 3.34. The standard InChI is InChI=1S/C20H20N2O2S/c23-13-14-5-4-10-22(12-14)20-21-19(24)18(25-20)11-16-8-3-7-15-6-1-2-9-17(15)16/h1-3,6-9,11,14,23H,4-5,10,12-13H2/b18-11+. The Hall–Kier alpha value is -2.11. The van der Waals surface area contributed by atoms with Gasteiger partial charge >= 0.3 is 0 Å². The van der Waals surface area contributed by atoms with Gasteiger partial charge in [0.2, 0.25) is 0 Å². The number of likely N-dealkylation sites (tertiary alicyclic amines) is 1. The van der Waals surface area contributed by atoms with Crippen LogP contribution < -0.4 is 0 Å². The van der Waals surface area contributed by atoms with E-state index < -0.39 is 0 Å². The molecule has 128 valence electrons. The van der Waals surface area contributed by atoms with Crippen LogP contribution in [0.15, 0.2) is 52.4 Å². The summed E-state index contributed by atoms with van der Waals surface area (Å²) >= 11 is 1.45. The normalized spacial score (nSPS) is 22.7. The number of carbonyl (C=O) groups excluding carboxylic acids is 1. The molecule has 0 radical (unpaired) electrons. The zero-order chi connectivity index (χ0) is 17.2. The summed E-state index contributed by atoms with van der Waals surface area (Å²) in [7, 11) is 0. The third-order valence-electron chi connectivity index (χ3n) is 4.77. The van der Waals surface area contributed by atoms with Crippen molar-refractivity contribution in [3.05, 3.63) is 52.9 Å². The van der Waals surface area contributed by atoms with Gasteiger partial charge in [0.05, 0.1) is 4.91 Å². The fourth-order valence-corrected chi connectivity index (χ4v) is 4.38. The van der Waals surface area contributed by atoms with Crippen LogP contribution in [0.4, 0.5) is 0 Å². The quantitative estimate of drug-likeness (QED) is 0.841. The summed E-state index contributed by atoms with van der Waals surface area (Å²) in [6.45, 7) is 1.87. The van der Waals surface area contributed by atoms with E-state index in [1.165, 1.54) is 11.8 Å². The average Bonchev–Trinajstić information content (AvgIpc) is 3.03. The molecule has 1 N–H and O–H groups in total. The predicted molar refractivity (Wildman–Crippen MR) is 103 cm³/mol. The van der Waals surface area contributed by atoms with E-state index in [2.05, 4.69) is 28.1 Å². The zero-order valence-corrected chi connectivity index (χ0v) is 14.7. The average molecular weight is 352 g/mol. The molecule has 5 heteroatoms. The highest BCUT2D eigenvalue weighted by atomic mass is 32.2. The number of fused-ring (bicyclic) bond motifs is 1. The van der Waals surface area contributed by atoms with Crippen LogP contribution in [0, 0.1) is 5.92 Å². The lowest BCUT2D eigenvalue weighted by molar-refractivity contribution is -0.113. The van der Waals surface area contributed by atoms with Gasteiger partial charge in [-0.1, -0.05) is 42.5 Å². The maximum Gasteiger partial charge on any atom is 0.286 e. The number of rotatable bonds is 2. The van der Waals surface area contributed by atoms with Crippen molar-refractivity contribution in [2.24, 2.45) is 10.9 Å². The number of nitrogens with zero attached hydrogens (tertiary/aromatic N) is 2. The van der Waals surface area contributed by atoms with Gasteiger partial charge in [0.1, 0.15) is 0 Å². The van der Waals surface area contributed by atoms with Gasteiger partial charge in [0, 0.05) is 19.7 Å². The van der Waals surface area contributed by atoms with Crippen LogP contribution in [0.25, 0.3) is 16.8 Å².